The minimum atomic E-state index is -0.397. The standard InChI is InChI=1S/C13H26O6/c1-10(14)18-8-11(16-5)12(7-15-4)19-9-13(2,3)17-6/h11-12H,7-9H2,1-6H3/t11-,12?/m0/s1. The Balaban J connectivity index is 4.44. The van der Waals surface area contributed by atoms with Crippen LogP contribution in [-0.2, 0) is 28.5 Å². The highest BCUT2D eigenvalue weighted by molar-refractivity contribution is 5.65. The molecule has 0 bridgehead atoms. The lowest BCUT2D eigenvalue weighted by Gasteiger charge is -2.29. The van der Waals surface area contributed by atoms with Crippen molar-refractivity contribution in [3.05, 3.63) is 0 Å². The van der Waals surface area contributed by atoms with E-state index < -0.39 is 5.60 Å². The van der Waals surface area contributed by atoms with Gasteiger partial charge in [0.1, 0.15) is 18.8 Å². The lowest BCUT2D eigenvalue weighted by molar-refractivity contribution is -0.159. The Morgan fingerprint density at radius 3 is 2.16 bits per heavy atom. The van der Waals surface area contributed by atoms with Crippen LogP contribution in [-0.4, -0.2) is 64.9 Å². The Bertz CT molecular complexity index is 254. The number of methoxy groups -OCH3 is 3. The number of esters is 1. The van der Waals surface area contributed by atoms with Crippen molar-refractivity contribution in [2.24, 2.45) is 0 Å². The first kappa shape index (κ1) is 18.3. The summed E-state index contributed by atoms with van der Waals surface area (Å²) >= 11 is 0. The largest absolute Gasteiger partial charge is 0.463 e. The number of ether oxygens (including phenoxy) is 5. The van der Waals surface area contributed by atoms with Crippen LogP contribution in [0.25, 0.3) is 0 Å². The molecule has 6 nitrogen and oxygen atoms in total. The first-order valence-corrected chi connectivity index (χ1v) is 6.18. The van der Waals surface area contributed by atoms with Crippen LogP contribution in [0.5, 0.6) is 0 Å². The van der Waals surface area contributed by atoms with Crippen LogP contribution in [0.4, 0.5) is 0 Å². The van der Waals surface area contributed by atoms with Crippen LogP contribution in [0.15, 0.2) is 0 Å². The highest BCUT2D eigenvalue weighted by Gasteiger charge is 2.27. The molecule has 0 radical (unpaired) electrons. The van der Waals surface area contributed by atoms with E-state index >= 15 is 0 Å². The first-order chi connectivity index (χ1) is 8.86. The second-order valence-corrected chi connectivity index (χ2v) is 4.85. The van der Waals surface area contributed by atoms with Crippen molar-refractivity contribution >= 4 is 5.97 Å². The normalized spacial score (nSPS) is 15.1. The molecule has 0 aliphatic carbocycles. The average Bonchev–Trinajstić information content (AvgIpc) is 2.36. The van der Waals surface area contributed by atoms with E-state index in [1.807, 2.05) is 13.8 Å². The van der Waals surface area contributed by atoms with Gasteiger partial charge in [0.05, 0.1) is 18.8 Å². The quantitative estimate of drug-likeness (QED) is 0.556. The summed E-state index contributed by atoms with van der Waals surface area (Å²) in [5.74, 6) is -0.351. The summed E-state index contributed by atoms with van der Waals surface area (Å²) in [6, 6.07) is 0. The van der Waals surface area contributed by atoms with Gasteiger partial charge in [0.15, 0.2) is 0 Å². The van der Waals surface area contributed by atoms with Crippen molar-refractivity contribution in [3.8, 4) is 0 Å². The molecule has 0 rings (SSSR count). The summed E-state index contributed by atoms with van der Waals surface area (Å²) in [5, 5.41) is 0. The number of carbonyl (C=O) groups is 1. The Morgan fingerprint density at radius 1 is 1.11 bits per heavy atom. The zero-order valence-corrected chi connectivity index (χ0v) is 12.7. The Labute approximate surface area is 115 Å². The fourth-order valence-corrected chi connectivity index (χ4v) is 1.32. The fraction of sp³-hybridized carbons (Fsp3) is 0.923. The van der Waals surface area contributed by atoms with Gasteiger partial charge in [-0.05, 0) is 13.8 Å². The lowest BCUT2D eigenvalue weighted by Crippen LogP contribution is -2.42. The van der Waals surface area contributed by atoms with Gasteiger partial charge >= 0.3 is 5.97 Å². The molecule has 0 fully saturated rings. The van der Waals surface area contributed by atoms with Crippen molar-refractivity contribution in [2.75, 3.05) is 41.2 Å². The molecule has 0 aromatic rings. The first-order valence-electron chi connectivity index (χ1n) is 6.18. The smallest absolute Gasteiger partial charge is 0.302 e. The van der Waals surface area contributed by atoms with Crippen LogP contribution in [0, 0.1) is 0 Å². The summed E-state index contributed by atoms with van der Waals surface area (Å²) < 4.78 is 26.4. The van der Waals surface area contributed by atoms with Gasteiger partial charge in [-0.2, -0.15) is 0 Å². The van der Waals surface area contributed by atoms with Crippen molar-refractivity contribution in [1.29, 1.82) is 0 Å². The molecule has 0 saturated carbocycles. The molecule has 6 heteroatoms. The van der Waals surface area contributed by atoms with Crippen molar-refractivity contribution < 1.29 is 28.5 Å². The minimum absolute atomic E-state index is 0.132. The third kappa shape index (κ3) is 8.15. The van der Waals surface area contributed by atoms with Crippen molar-refractivity contribution in [3.63, 3.8) is 0 Å². The predicted molar refractivity (Wildman–Crippen MR) is 70.1 cm³/mol. The van der Waals surface area contributed by atoms with Gasteiger partial charge in [0.25, 0.3) is 0 Å². The number of carbonyl (C=O) groups excluding carboxylic acids is 1. The van der Waals surface area contributed by atoms with Crippen LogP contribution in [0.2, 0.25) is 0 Å². The maximum atomic E-state index is 10.8. The van der Waals surface area contributed by atoms with E-state index in [1.165, 1.54) is 6.92 Å². The molecule has 114 valence electrons. The van der Waals surface area contributed by atoms with E-state index in [0.717, 1.165) is 0 Å². The Hall–Kier alpha value is -0.690. The third-order valence-corrected chi connectivity index (χ3v) is 2.70. The average molecular weight is 278 g/mol. The predicted octanol–water partition coefficient (Wildman–Crippen LogP) is 1.02. The van der Waals surface area contributed by atoms with Crippen LogP contribution >= 0.6 is 0 Å². The van der Waals surface area contributed by atoms with Gasteiger partial charge < -0.3 is 23.7 Å². The highest BCUT2D eigenvalue weighted by Crippen LogP contribution is 2.12. The van der Waals surface area contributed by atoms with Gasteiger partial charge in [-0.15, -0.1) is 0 Å². The van der Waals surface area contributed by atoms with E-state index in [-0.39, 0.29) is 24.8 Å². The molecule has 1 unspecified atom stereocenters. The molecule has 0 spiro atoms. The second-order valence-electron chi connectivity index (χ2n) is 4.85. The lowest BCUT2D eigenvalue weighted by atomic mass is 10.1. The molecular weight excluding hydrogens is 252 g/mol. The van der Waals surface area contributed by atoms with Gasteiger partial charge in [-0.1, -0.05) is 0 Å². The van der Waals surface area contributed by atoms with Crippen LogP contribution in [0.3, 0.4) is 0 Å². The highest BCUT2D eigenvalue weighted by atomic mass is 16.6. The van der Waals surface area contributed by atoms with E-state index in [0.29, 0.717) is 13.2 Å². The molecule has 0 N–H and O–H groups in total. The van der Waals surface area contributed by atoms with Gasteiger partial charge in [0, 0.05) is 28.3 Å². The molecule has 0 aromatic carbocycles. The summed E-state index contributed by atoms with van der Waals surface area (Å²) in [5.41, 5.74) is -0.397. The van der Waals surface area contributed by atoms with E-state index in [9.17, 15) is 4.79 Å². The molecule has 0 aliphatic heterocycles. The summed E-state index contributed by atoms with van der Waals surface area (Å²) in [7, 11) is 4.75. The van der Waals surface area contributed by atoms with Crippen molar-refractivity contribution in [1.82, 2.24) is 0 Å². The molecule has 19 heavy (non-hydrogen) atoms. The van der Waals surface area contributed by atoms with Gasteiger partial charge in [0.2, 0.25) is 0 Å². The summed E-state index contributed by atoms with van der Waals surface area (Å²) in [4.78, 5) is 10.8. The number of hydrogen-bond donors (Lipinski definition) is 0. The Kier molecular flexibility index (Phi) is 8.92. The maximum Gasteiger partial charge on any atom is 0.302 e. The topological polar surface area (TPSA) is 63.2 Å². The maximum absolute atomic E-state index is 10.8. The zero-order valence-electron chi connectivity index (χ0n) is 12.7. The van der Waals surface area contributed by atoms with E-state index in [2.05, 4.69) is 0 Å². The fourth-order valence-electron chi connectivity index (χ4n) is 1.32. The monoisotopic (exact) mass is 278 g/mol. The molecule has 0 saturated heterocycles. The SMILES string of the molecule is COCC(OCC(C)(C)OC)[C@H](COC(C)=O)OC. The molecule has 0 aliphatic rings. The number of rotatable bonds is 10. The second kappa shape index (κ2) is 9.25. The zero-order chi connectivity index (χ0) is 14.9. The van der Waals surface area contributed by atoms with E-state index in [1.54, 1.807) is 21.3 Å². The molecule has 0 heterocycles. The van der Waals surface area contributed by atoms with Crippen molar-refractivity contribution in [2.45, 2.75) is 38.6 Å². The summed E-state index contributed by atoms with van der Waals surface area (Å²) in [6.07, 6.45) is -0.708. The van der Waals surface area contributed by atoms with Crippen LogP contribution < -0.4 is 0 Å². The molecule has 0 aromatic heterocycles. The third-order valence-electron chi connectivity index (χ3n) is 2.70. The number of hydrogen-bond acceptors (Lipinski definition) is 6. The summed E-state index contributed by atoms with van der Waals surface area (Å²) in [6.45, 7) is 6.06. The van der Waals surface area contributed by atoms with E-state index in [4.69, 9.17) is 23.7 Å². The van der Waals surface area contributed by atoms with Gasteiger partial charge in [-0.3, -0.25) is 4.79 Å². The Morgan fingerprint density at radius 2 is 1.74 bits per heavy atom. The molecule has 2 atom stereocenters. The molecular formula is C13H26O6. The van der Waals surface area contributed by atoms with Crippen LogP contribution in [0.1, 0.15) is 20.8 Å². The molecule has 0 amide bonds. The van der Waals surface area contributed by atoms with Gasteiger partial charge in [-0.25, -0.2) is 0 Å². The minimum Gasteiger partial charge on any atom is -0.463 e.